The lowest BCUT2D eigenvalue weighted by Gasteiger charge is -2.32. The number of carbonyl (C=O) groups is 1. The molecule has 0 heterocycles. The molecular weight excluding hydrogens is 148 g/mol. The Morgan fingerprint density at radius 3 is 2.42 bits per heavy atom. The van der Waals surface area contributed by atoms with Crippen LogP contribution in [0.5, 0.6) is 0 Å². The Balaban J connectivity index is 2.05. The number of hydrogen-bond acceptors (Lipinski definition) is 1. The lowest BCUT2D eigenvalue weighted by Crippen LogP contribution is -2.27. The first-order valence-corrected chi connectivity index (χ1v) is 5.25. The van der Waals surface area contributed by atoms with E-state index < -0.39 is 0 Å². The molecule has 2 unspecified atom stereocenters. The Labute approximate surface area is 74.5 Å². The van der Waals surface area contributed by atoms with Crippen molar-refractivity contribution < 1.29 is 4.79 Å². The van der Waals surface area contributed by atoms with Gasteiger partial charge in [0.15, 0.2) is 0 Å². The van der Waals surface area contributed by atoms with E-state index >= 15 is 0 Å². The molecule has 0 N–H and O–H groups in total. The number of carbonyl (C=O) groups excluding carboxylic acids is 1. The van der Waals surface area contributed by atoms with E-state index in [1.807, 2.05) is 0 Å². The normalized spacial score (nSPS) is 39.1. The van der Waals surface area contributed by atoms with E-state index in [-0.39, 0.29) is 5.41 Å². The van der Waals surface area contributed by atoms with E-state index in [2.05, 4.69) is 6.92 Å². The van der Waals surface area contributed by atoms with Crippen LogP contribution in [0.1, 0.15) is 45.4 Å². The minimum absolute atomic E-state index is 0.153. The van der Waals surface area contributed by atoms with E-state index in [0.717, 1.165) is 11.8 Å². The van der Waals surface area contributed by atoms with Gasteiger partial charge in [-0.15, -0.1) is 0 Å². The van der Waals surface area contributed by atoms with Crippen LogP contribution in [0.2, 0.25) is 0 Å². The van der Waals surface area contributed by atoms with Crippen LogP contribution in [0.4, 0.5) is 0 Å². The topological polar surface area (TPSA) is 17.1 Å². The third kappa shape index (κ3) is 1.19. The quantitative estimate of drug-likeness (QED) is 0.576. The van der Waals surface area contributed by atoms with Gasteiger partial charge < -0.3 is 4.79 Å². The van der Waals surface area contributed by atoms with Gasteiger partial charge in [0.25, 0.3) is 0 Å². The summed E-state index contributed by atoms with van der Waals surface area (Å²) in [4.78, 5) is 10.9. The monoisotopic (exact) mass is 166 g/mol. The predicted octanol–water partition coefficient (Wildman–Crippen LogP) is 2.79. The molecule has 0 aromatic heterocycles. The molecule has 1 heteroatoms. The first kappa shape index (κ1) is 8.28. The Morgan fingerprint density at radius 2 is 1.92 bits per heavy atom. The highest BCUT2D eigenvalue weighted by atomic mass is 16.1. The van der Waals surface area contributed by atoms with Crippen LogP contribution in [-0.4, -0.2) is 6.29 Å². The van der Waals surface area contributed by atoms with Crippen molar-refractivity contribution in [3.63, 3.8) is 0 Å². The fourth-order valence-corrected chi connectivity index (χ4v) is 2.89. The van der Waals surface area contributed by atoms with Gasteiger partial charge in [0.1, 0.15) is 6.29 Å². The molecule has 2 saturated carbocycles. The summed E-state index contributed by atoms with van der Waals surface area (Å²) < 4.78 is 0. The van der Waals surface area contributed by atoms with Crippen LogP contribution in [0.15, 0.2) is 0 Å². The van der Waals surface area contributed by atoms with Crippen LogP contribution in [0.25, 0.3) is 0 Å². The Morgan fingerprint density at radius 1 is 1.25 bits per heavy atom. The van der Waals surface area contributed by atoms with Gasteiger partial charge in [-0.3, -0.25) is 0 Å². The zero-order valence-electron chi connectivity index (χ0n) is 7.88. The fraction of sp³-hybridized carbons (Fsp3) is 0.909. The first-order valence-electron chi connectivity index (χ1n) is 5.25. The maximum atomic E-state index is 10.9. The summed E-state index contributed by atoms with van der Waals surface area (Å²) in [6.07, 6.45) is 8.98. The molecule has 0 saturated heterocycles. The number of hydrogen-bond donors (Lipinski definition) is 0. The van der Waals surface area contributed by atoms with Crippen molar-refractivity contribution in [2.24, 2.45) is 17.3 Å². The second kappa shape index (κ2) is 2.86. The molecule has 0 aliphatic heterocycles. The van der Waals surface area contributed by atoms with E-state index in [0.29, 0.717) is 0 Å². The van der Waals surface area contributed by atoms with Gasteiger partial charge in [-0.05, 0) is 31.1 Å². The molecule has 2 aliphatic carbocycles. The summed E-state index contributed by atoms with van der Waals surface area (Å²) in [7, 11) is 0. The van der Waals surface area contributed by atoms with Crippen LogP contribution >= 0.6 is 0 Å². The molecule has 0 radical (unpaired) electrons. The molecule has 0 aromatic carbocycles. The van der Waals surface area contributed by atoms with Crippen LogP contribution in [-0.2, 0) is 4.79 Å². The summed E-state index contributed by atoms with van der Waals surface area (Å²) in [5, 5.41) is 0. The average molecular weight is 166 g/mol. The summed E-state index contributed by atoms with van der Waals surface area (Å²) >= 11 is 0. The molecule has 2 atom stereocenters. The van der Waals surface area contributed by atoms with Crippen molar-refractivity contribution in [2.45, 2.75) is 45.4 Å². The third-order valence-corrected chi connectivity index (χ3v) is 3.91. The second-order valence-electron chi connectivity index (χ2n) is 4.72. The first-order chi connectivity index (χ1) is 5.78. The van der Waals surface area contributed by atoms with Gasteiger partial charge >= 0.3 is 0 Å². The van der Waals surface area contributed by atoms with Crippen LogP contribution < -0.4 is 0 Å². The zero-order valence-corrected chi connectivity index (χ0v) is 7.88. The maximum absolute atomic E-state index is 10.9. The molecule has 12 heavy (non-hydrogen) atoms. The van der Waals surface area contributed by atoms with Crippen molar-refractivity contribution in [1.82, 2.24) is 0 Å². The molecule has 2 aliphatic rings. The highest BCUT2D eigenvalue weighted by Gasteiger charge is 2.51. The summed E-state index contributed by atoms with van der Waals surface area (Å²) in [6.45, 7) is 2.33. The summed E-state index contributed by atoms with van der Waals surface area (Å²) in [6, 6.07) is 0. The Bertz CT molecular complexity index is 181. The van der Waals surface area contributed by atoms with Gasteiger partial charge in [0, 0.05) is 5.41 Å². The lowest BCUT2D eigenvalue weighted by atomic mass is 9.72. The Hall–Kier alpha value is -0.330. The standard InChI is InChI=1S/C11H18O/c1-9-4-2-3-5-10(9)11(8-12)6-7-11/h8-10H,2-7H2,1H3. The van der Waals surface area contributed by atoms with E-state index in [1.165, 1.54) is 44.8 Å². The van der Waals surface area contributed by atoms with Gasteiger partial charge in [-0.2, -0.15) is 0 Å². The minimum atomic E-state index is 0.153. The van der Waals surface area contributed by atoms with E-state index in [1.54, 1.807) is 0 Å². The van der Waals surface area contributed by atoms with Crippen LogP contribution in [0, 0.1) is 17.3 Å². The second-order valence-corrected chi connectivity index (χ2v) is 4.72. The van der Waals surface area contributed by atoms with E-state index in [4.69, 9.17) is 0 Å². The molecule has 0 bridgehead atoms. The molecular formula is C11H18O. The van der Waals surface area contributed by atoms with Gasteiger partial charge in [0.05, 0.1) is 0 Å². The van der Waals surface area contributed by atoms with Gasteiger partial charge in [-0.1, -0.05) is 26.2 Å². The largest absolute Gasteiger partial charge is 0.303 e. The summed E-state index contributed by atoms with van der Waals surface area (Å²) in [5.41, 5.74) is 0.153. The average Bonchev–Trinajstić information content (AvgIpc) is 2.86. The maximum Gasteiger partial charge on any atom is 0.126 e. The van der Waals surface area contributed by atoms with E-state index in [9.17, 15) is 4.79 Å². The highest BCUT2D eigenvalue weighted by Crippen LogP contribution is 2.56. The fourth-order valence-electron chi connectivity index (χ4n) is 2.89. The van der Waals surface area contributed by atoms with Crippen molar-refractivity contribution in [2.75, 3.05) is 0 Å². The number of rotatable bonds is 2. The zero-order chi connectivity index (χ0) is 8.60. The molecule has 0 spiro atoms. The third-order valence-electron chi connectivity index (χ3n) is 3.91. The molecule has 1 nitrogen and oxygen atoms in total. The summed E-state index contributed by atoms with van der Waals surface area (Å²) in [5.74, 6) is 1.52. The van der Waals surface area contributed by atoms with Crippen molar-refractivity contribution in [1.29, 1.82) is 0 Å². The van der Waals surface area contributed by atoms with Gasteiger partial charge in [-0.25, -0.2) is 0 Å². The predicted molar refractivity (Wildman–Crippen MR) is 48.9 cm³/mol. The van der Waals surface area contributed by atoms with Crippen molar-refractivity contribution in [3.8, 4) is 0 Å². The van der Waals surface area contributed by atoms with Crippen molar-refractivity contribution >= 4 is 6.29 Å². The Kier molecular flexibility index (Phi) is 1.97. The molecule has 0 aromatic rings. The highest BCUT2D eigenvalue weighted by molar-refractivity contribution is 5.64. The number of aldehydes is 1. The van der Waals surface area contributed by atoms with Crippen LogP contribution in [0.3, 0.4) is 0 Å². The SMILES string of the molecule is CC1CCCCC1C1(C=O)CC1. The molecule has 2 rings (SSSR count). The minimum Gasteiger partial charge on any atom is -0.303 e. The molecule has 68 valence electrons. The molecule has 2 fully saturated rings. The van der Waals surface area contributed by atoms with Crippen molar-refractivity contribution in [3.05, 3.63) is 0 Å². The molecule has 0 amide bonds. The lowest BCUT2D eigenvalue weighted by molar-refractivity contribution is -0.115. The smallest absolute Gasteiger partial charge is 0.126 e. The van der Waals surface area contributed by atoms with Gasteiger partial charge in [0.2, 0.25) is 0 Å².